The number of terminal acetylenes is 1. The van der Waals surface area contributed by atoms with Crippen LogP contribution in [0.2, 0.25) is 0 Å². The summed E-state index contributed by atoms with van der Waals surface area (Å²) in [6.07, 6.45) is 11.0. The number of nitrogens with zero attached hydrogens (tertiary/aromatic N) is 4. The van der Waals surface area contributed by atoms with E-state index in [9.17, 15) is 48.3 Å². The fraction of sp³-hybridized carbons (Fsp3) is 0.578. The first kappa shape index (κ1) is 89.0. The van der Waals surface area contributed by atoms with Gasteiger partial charge in [0.2, 0.25) is 35.4 Å². The molecule has 0 saturated carbocycles. The summed E-state index contributed by atoms with van der Waals surface area (Å²) < 4.78 is 28.4. The van der Waals surface area contributed by atoms with Crippen LogP contribution in [0, 0.1) is 47.4 Å². The van der Waals surface area contributed by atoms with Gasteiger partial charge in [0.05, 0.1) is 69.9 Å². The quantitative estimate of drug-likeness (QED) is 0.0136. The third kappa shape index (κ3) is 29.5. The molecular weight excluding hydrogens is 1410 g/mol. The van der Waals surface area contributed by atoms with Crippen molar-refractivity contribution in [3.63, 3.8) is 0 Å². The van der Waals surface area contributed by atoms with Gasteiger partial charge in [-0.1, -0.05) is 109 Å². The van der Waals surface area contributed by atoms with E-state index < -0.39 is 77.3 Å². The third-order valence-corrected chi connectivity index (χ3v) is 20.5. The maximum atomic E-state index is 15.1. The molecule has 25 nitrogen and oxygen atoms in total. The number of carboxylic acids is 1. The molecule has 3 heterocycles. The number of benzene rings is 3. The number of hydrogen-bond donors (Lipinski definition) is 6. The number of ether oxygens (including phenoxy) is 5. The van der Waals surface area contributed by atoms with Crippen molar-refractivity contribution in [2.45, 2.75) is 214 Å². The van der Waals surface area contributed by atoms with Crippen molar-refractivity contribution < 1.29 is 76.7 Å². The van der Waals surface area contributed by atoms with Crippen molar-refractivity contribution in [1.82, 2.24) is 36.1 Å². The topological polar surface area (TPSA) is 320 Å². The van der Waals surface area contributed by atoms with E-state index in [1.165, 1.54) is 13.8 Å². The van der Waals surface area contributed by atoms with Crippen LogP contribution in [-0.4, -0.2) is 188 Å². The summed E-state index contributed by atoms with van der Waals surface area (Å²) >= 11 is 1.11. The molecule has 2 aliphatic heterocycles. The molecule has 8 atom stereocenters. The highest BCUT2D eigenvalue weighted by molar-refractivity contribution is 7.09. The molecule has 2 aliphatic rings. The summed E-state index contributed by atoms with van der Waals surface area (Å²) in [7, 11) is 1.93. The molecule has 1 fully saturated rings. The number of ketones is 1. The van der Waals surface area contributed by atoms with Crippen LogP contribution < -0.4 is 31.5 Å². The van der Waals surface area contributed by atoms with Crippen molar-refractivity contribution in [1.29, 1.82) is 0 Å². The number of nitrogens with one attached hydrogen (secondary N) is 5. The van der Waals surface area contributed by atoms with Crippen LogP contribution in [0.25, 0.3) is 0 Å². The molecule has 594 valence electrons. The number of para-hydroxylation sites is 1. The molecule has 4 aromatic rings. The summed E-state index contributed by atoms with van der Waals surface area (Å²) in [5.74, 6) is 4.04. The van der Waals surface area contributed by atoms with E-state index in [1.807, 2.05) is 88.2 Å². The van der Waals surface area contributed by atoms with E-state index in [1.54, 1.807) is 67.1 Å². The van der Waals surface area contributed by atoms with Crippen molar-refractivity contribution in [3.05, 3.63) is 111 Å². The van der Waals surface area contributed by atoms with Gasteiger partial charge in [0.1, 0.15) is 34.6 Å². The van der Waals surface area contributed by atoms with E-state index in [0.29, 0.717) is 107 Å². The monoisotopic (exact) mass is 1530 g/mol. The Hall–Kier alpha value is -8.89. The maximum absolute atomic E-state index is 15.1. The standard InChI is InChI=1S/C83H115N9O16S/c1-13-15-16-22-41-91(81(101)75(57(7)14-2)89-78(99)69-30-21-23-40-90(69)12)70(55(3)4)51-71(108-59(9)93)80-87-67(54-109-80)77(98)86-65(52-83(10,11)82(102)103)50-60-31-35-64(36-32-60)85-76(97)58(8)84-79(100)74(56(5)6)88-72(95)39-43-105-45-47-107-49-48-106-46-44-104-42-24-28-66(94)37-38-73(96)92-53-63-27-18-17-25-61(63)33-34-62-26-19-20-29-68(62)92/h1,17-20,25-27,29,31-32,35-36,54-58,65,69-71,74-75H,14-16,21-24,28,30,37-53H2,2-12H3,(H,84,100)(H,85,97)(H,86,98)(H,88,95)(H,89,99)(H,102,103)/t57-,58-,65-,69+,70+,71+,74-,75-/m0/s1. The molecule has 6 rings (SSSR count). The van der Waals surface area contributed by atoms with Crippen LogP contribution >= 0.6 is 11.3 Å². The highest BCUT2D eigenvalue weighted by Crippen LogP contribution is 2.34. The molecule has 3 aromatic carbocycles. The van der Waals surface area contributed by atoms with Gasteiger partial charge < -0.3 is 65.2 Å². The maximum Gasteiger partial charge on any atom is 0.309 e. The molecule has 0 radical (unpaired) electrons. The van der Waals surface area contributed by atoms with Gasteiger partial charge >= 0.3 is 11.9 Å². The number of likely N-dealkylation sites (N-methyl/N-ethyl adjacent to an activating group) is 1. The molecule has 1 aromatic heterocycles. The number of anilines is 2. The number of carbonyl (C=O) groups is 10. The molecule has 0 aliphatic carbocycles. The Morgan fingerprint density at radius 1 is 0.734 bits per heavy atom. The number of thiazole rings is 1. The molecule has 0 spiro atoms. The zero-order valence-electron chi connectivity index (χ0n) is 65.5. The predicted molar refractivity (Wildman–Crippen MR) is 418 cm³/mol. The van der Waals surface area contributed by atoms with Gasteiger partial charge in [-0.3, -0.25) is 52.8 Å². The normalized spacial score (nSPS) is 15.4. The Labute approximate surface area is 647 Å². The van der Waals surface area contributed by atoms with Crippen LogP contribution in [0.4, 0.5) is 11.4 Å². The molecule has 1 saturated heterocycles. The van der Waals surface area contributed by atoms with E-state index in [2.05, 4.69) is 44.3 Å². The van der Waals surface area contributed by atoms with Crippen molar-refractivity contribution in [2.75, 3.05) is 83.2 Å². The lowest BCUT2D eigenvalue weighted by molar-refractivity contribution is -0.150. The van der Waals surface area contributed by atoms with Gasteiger partial charge in [-0.05, 0) is 139 Å². The number of rotatable bonds is 47. The van der Waals surface area contributed by atoms with Crippen LogP contribution in [0.15, 0.2) is 78.2 Å². The second-order valence-corrected chi connectivity index (χ2v) is 30.4. The van der Waals surface area contributed by atoms with Gasteiger partial charge in [-0.15, -0.1) is 23.7 Å². The van der Waals surface area contributed by atoms with Crippen molar-refractivity contribution >= 4 is 81.8 Å². The highest BCUT2D eigenvalue weighted by Gasteiger charge is 2.40. The Morgan fingerprint density at radius 3 is 2.03 bits per heavy atom. The number of esters is 1. The number of unbranched alkanes of at least 4 members (excludes halogenated alkanes) is 2. The zero-order chi connectivity index (χ0) is 79.6. The minimum Gasteiger partial charge on any atom is -0.481 e. The average molecular weight is 1530 g/mol. The smallest absolute Gasteiger partial charge is 0.309 e. The number of hydrogen-bond acceptors (Lipinski definition) is 18. The van der Waals surface area contributed by atoms with E-state index in [-0.39, 0.29) is 111 Å². The van der Waals surface area contributed by atoms with Crippen LogP contribution in [0.3, 0.4) is 0 Å². The van der Waals surface area contributed by atoms with Gasteiger partial charge in [0, 0.05) is 92.9 Å². The van der Waals surface area contributed by atoms with Crippen LogP contribution in [0.5, 0.6) is 0 Å². The first-order valence-electron chi connectivity index (χ1n) is 38.3. The Kier molecular flexibility index (Phi) is 37.5. The SMILES string of the molecule is C#CCCCCN(C(=O)[C@@H](NC(=O)[C@H]1CCCCN1C)[C@@H](C)CC)[C@H](C[C@@H](OC(C)=O)c1nc(C(=O)N[C@@H](Cc2ccc(NC(=O)[C@H](C)NC(=O)[C@@H](NC(=O)CCOCCOCCOCCOCCCC(=O)CCC(=O)N3Cc4ccccc4C#Cc4ccccc43)C(C)C)cc2)CC(C)(C)C(=O)O)cs1)C(C)C. The molecular formula is C83H115N9O16S. The number of aliphatic carboxylic acids is 1. The largest absolute Gasteiger partial charge is 0.481 e. The highest BCUT2D eigenvalue weighted by atomic mass is 32.1. The molecule has 0 bridgehead atoms. The second kappa shape index (κ2) is 45.9. The van der Waals surface area contributed by atoms with Crippen molar-refractivity contribution in [2.24, 2.45) is 23.2 Å². The molecule has 0 unspecified atom stereocenters. The van der Waals surface area contributed by atoms with E-state index in [4.69, 9.17) is 35.1 Å². The number of carboxylic acid groups (broad SMARTS) is 1. The van der Waals surface area contributed by atoms with Gasteiger partial charge in [0.25, 0.3) is 5.91 Å². The van der Waals surface area contributed by atoms with Gasteiger partial charge in [-0.2, -0.15) is 0 Å². The number of fused-ring (bicyclic) bond motifs is 2. The average Bonchev–Trinajstić information content (AvgIpc) is 1.72. The first-order valence-corrected chi connectivity index (χ1v) is 39.2. The minimum atomic E-state index is -1.28. The summed E-state index contributed by atoms with van der Waals surface area (Å²) in [4.78, 5) is 145. The Balaban J connectivity index is 0.903. The number of aromatic nitrogens is 1. The fourth-order valence-electron chi connectivity index (χ4n) is 12.9. The minimum absolute atomic E-state index is 0.00319. The molecule has 7 amide bonds. The van der Waals surface area contributed by atoms with Gasteiger partial charge in [-0.25, -0.2) is 4.98 Å². The summed E-state index contributed by atoms with van der Waals surface area (Å²) in [6, 6.07) is 17.7. The summed E-state index contributed by atoms with van der Waals surface area (Å²) in [5, 5.41) is 26.5. The number of Topliss-reactive ketones (excluding diaryl/α,β-unsaturated/α-hetero) is 1. The lowest BCUT2D eigenvalue weighted by Gasteiger charge is -2.40. The van der Waals surface area contributed by atoms with E-state index in [0.717, 1.165) is 53.1 Å². The summed E-state index contributed by atoms with van der Waals surface area (Å²) in [6.45, 7) is 21.1. The Bertz CT molecular complexity index is 3770. The molecule has 6 N–H and O–H groups in total. The van der Waals surface area contributed by atoms with Crippen LogP contribution in [0.1, 0.15) is 203 Å². The lowest BCUT2D eigenvalue weighted by Crippen LogP contribution is -2.59. The number of amides is 7. The zero-order valence-corrected chi connectivity index (χ0v) is 66.3. The lowest BCUT2D eigenvalue weighted by atomic mass is 9.84. The second-order valence-electron chi connectivity index (χ2n) is 29.5. The third-order valence-electron chi connectivity index (χ3n) is 19.6. The van der Waals surface area contributed by atoms with Gasteiger partial charge in [0.15, 0.2) is 6.10 Å². The number of likely N-dealkylation sites (tertiary alicyclic amines) is 1. The fourth-order valence-corrected chi connectivity index (χ4v) is 13.8. The molecule has 26 heteroatoms. The number of piperidine rings is 1. The van der Waals surface area contributed by atoms with E-state index >= 15 is 4.79 Å². The Morgan fingerprint density at radius 2 is 1.39 bits per heavy atom. The predicted octanol–water partition coefficient (Wildman–Crippen LogP) is 9.77. The number of carbonyl (C=O) groups excluding carboxylic acids is 9. The van der Waals surface area contributed by atoms with Crippen molar-refractivity contribution in [3.8, 4) is 24.2 Å². The molecule has 109 heavy (non-hydrogen) atoms. The first-order chi connectivity index (χ1) is 52.1. The summed E-state index contributed by atoms with van der Waals surface area (Å²) in [5.41, 5.74) is 3.15. The van der Waals surface area contributed by atoms with Crippen LogP contribution in [-0.2, 0) is 79.8 Å².